The largest absolute Gasteiger partial charge is 0.451 e. The normalized spacial score (nSPS) is 11.7. The highest BCUT2D eigenvalue weighted by atomic mass is 19.4. The van der Waals surface area contributed by atoms with Crippen LogP contribution in [0, 0.1) is 0 Å². The topological polar surface area (TPSA) is 60.1 Å². The molecule has 0 fully saturated rings. The van der Waals surface area contributed by atoms with Crippen molar-refractivity contribution < 1.29 is 22.4 Å². The lowest BCUT2D eigenvalue weighted by Gasteiger charge is -2.14. The third kappa shape index (κ3) is 3.29. The standard InChI is InChI=1S/C19H12F3N3O2/c20-19(21,22)13-6-7-15(25-9-3-8-23-25)14(11-13)24-18(26)17-10-12-4-1-2-5-16(12)27-17/h1-11H,(H,24,26). The second kappa shape index (κ2) is 6.31. The Bertz CT molecular complexity index is 1080. The maximum absolute atomic E-state index is 13.1. The first-order valence-corrected chi connectivity index (χ1v) is 7.93. The molecule has 4 rings (SSSR count). The molecule has 0 saturated carbocycles. The maximum atomic E-state index is 13.1. The van der Waals surface area contributed by atoms with Gasteiger partial charge < -0.3 is 9.73 Å². The summed E-state index contributed by atoms with van der Waals surface area (Å²) < 4.78 is 46.1. The number of rotatable bonds is 3. The van der Waals surface area contributed by atoms with Gasteiger partial charge >= 0.3 is 6.18 Å². The predicted molar refractivity (Wildman–Crippen MR) is 92.7 cm³/mol. The zero-order chi connectivity index (χ0) is 19.0. The lowest BCUT2D eigenvalue weighted by molar-refractivity contribution is -0.137. The minimum atomic E-state index is -4.54. The number of amides is 1. The second-order valence-corrected chi connectivity index (χ2v) is 5.78. The number of anilines is 1. The van der Waals surface area contributed by atoms with Crippen LogP contribution in [0.15, 0.2) is 71.4 Å². The molecule has 0 radical (unpaired) electrons. The van der Waals surface area contributed by atoms with E-state index in [1.165, 1.54) is 23.0 Å². The first-order valence-electron chi connectivity index (χ1n) is 7.93. The molecule has 0 spiro atoms. The van der Waals surface area contributed by atoms with Crippen molar-refractivity contribution in [2.75, 3.05) is 5.32 Å². The van der Waals surface area contributed by atoms with Gasteiger partial charge in [0.05, 0.1) is 16.9 Å². The summed E-state index contributed by atoms with van der Waals surface area (Å²) in [5.41, 5.74) is -0.0891. The fraction of sp³-hybridized carbons (Fsp3) is 0.0526. The number of para-hydroxylation sites is 1. The van der Waals surface area contributed by atoms with Gasteiger partial charge in [-0.05, 0) is 36.4 Å². The van der Waals surface area contributed by atoms with E-state index in [2.05, 4.69) is 10.4 Å². The van der Waals surface area contributed by atoms with E-state index in [0.29, 0.717) is 11.3 Å². The fourth-order valence-corrected chi connectivity index (χ4v) is 2.70. The number of aromatic nitrogens is 2. The van der Waals surface area contributed by atoms with Gasteiger partial charge in [-0.25, -0.2) is 4.68 Å². The van der Waals surface area contributed by atoms with Gasteiger partial charge in [-0.15, -0.1) is 0 Å². The number of carbonyl (C=O) groups excluding carboxylic acids is 1. The number of hydrogen-bond donors (Lipinski definition) is 1. The molecule has 2 aromatic heterocycles. The van der Waals surface area contributed by atoms with Gasteiger partial charge in [0.25, 0.3) is 5.91 Å². The van der Waals surface area contributed by atoms with E-state index in [0.717, 1.165) is 17.5 Å². The van der Waals surface area contributed by atoms with Crippen molar-refractivity contribution in [2.45, 2.75) is 6.18 Å². The van der Waals surface area contributed by atoms with Crippen LogP contribution in [0.25, 0.3) is 16.7 Å². The quantitative estimate of drug-likeness (QED) is 0.558. The van der Waals surface area contributed by atoms with Crippen LogP contribution in [0.2, 0.25) is 0 Å². The molecule has 2 heterocycles. The average molecular weight is 371 g/mol. The van der Waals surface area contributed by atoms with Gasteiger partial charge in [0.15, 0.2) is 5.76 Å². The second-order valence-electron chi connectivity index (χ2n) is 5.78. The number of fused-ring (bicyclic) bond motifs is 1. The summed E-state index contributed by atoms with van der Waals surface area (Å²) >= 11 is 0. The van der Waals surface area contributed by atoms with E-state index in [1.807, 2.05) is 0 Å². The summed E-state index contributed by atoms with van der Waals surface area (Å²) in [6.45, 7) is 0. The van der Waals surface area contributed by atoms with Crippen LogP contribution in [-0.2, 0) is 6.18 Å². The Kier molecular flexibility index (Phi) is 3.95. The van der Waals surface area contributed by atoms with Crippen molar-refractivity contribution in [1.29, 1.82) is 0 Å². The number of nitrogens with one attached hydrogen (secondary N) is 1. The predicted octanol–water partition coefficient (Wildman–Crippen LogP) is 4.89. The number of hydrogen-bond acceptors (Lipinski definition) is 3. The summed E-state index contributed by atoms with van der Waals surface area (Å²) in [5.74, 6) is -0.654. The molecule has 0 bridgehead atoms. The number of halogens is 3. The van der Waals surface area contributed by atoms with Gasteiger partial charge in [0.2, 0.25) is 0 Å². The van der Waals surface area contributed by atoms with Crippen LogP contribution < -0.4 is 5.32 Å². The zero-order valence-electron chi connectivity index (χ0n) is 13.7. The Morgan fingerprint density at radius 2 is 1.89 bits per heavy atom. The Hall–Kier alpha value is -3.55. The molecule has 1 N–H and O–H groups in total. The lowest BCUT2D eigenvalue weighted by Crippen LogP contribution is -2.15. The van der Waals surface area contributed by atoms with Crippen molar-refractivity contribution >= 4 is 22.6 Å². The Balaban J connectivity index is 1.73. The third-order valence-corrected chi connectivity index (χ3v) is 3.97. The van der Waals surface area contributed by atoms with E-state index in [-0.39, 0.29) is 11.4 Å². The number of furan rings is 1. The van der Waals surface area contributed by atoms with Crippen molar-refractivity contribution in [3.8, 4) is 5.69 Å². The Morgan fingerprint density at radius 1 is 1.07 bits per heavy atom. The molecular formula is C19H12F3N3O2. The molecule has 27 heavy (non-hydrogen) atoms. The number of carbonyl (C=O) groups is 1. The minimum Gasteiger partial charge on any atom is -0.451 e. The van der Waals surface area contributed by atoms with Crippen molar-refractivity contribution in [3.63, 3.8) is 0 Å². The third-order valence-electron chi connectivity index (χ3n) is 3.97. The summed E-state index contributed by atoms with van der Waals surface area (Å²) in [5, 5.41) is 7.23. The Morgan fingerprint density at radius 3 is 2.59 bits per heavy atom. The van der Waals surface area contributed by atoms with E-state index in [4.69, 9.17) is 4.42 Å². The van der Waals surface area contributed by atoms with E-state index in [9.17, 15) is 18.0 Å². The average Bonchev–Trinajstić information content (AvgIpc) is 3.30. The van der Waals surface area contributed by atoms with Crippen molar-refractivity contribution in [3.05, 3.63) is 78.3 Å². The highest BCUT2D eigenvalue weighted by Crippen LogP contribution is 2.33. The van der Waals surface area contributed by atoms with Gasteiger partial charge in [-0.1, -0.05) is 18.2 Å². The molecule has 8 heteroatoms. The van der Waals surface area contributed by atoms with Gasteiger partial charge in [-0.2, -0.15) is 18.3 Å². The van der Waals surface area contributed by atoms with Crippen LogP contribution >= 0.6 is 0 Å². The van der Waals surface area contributed by atoms with Crippen molar-refractivity contribution in [2.24, 2.45) is 0 Å². The molecule has 0 atom stereocenters. The molecule has 0 aliphatic carbocycles. The van der Waals surface area contributed by atoms with Gasteiger partial charge in [0.1, 0.15) is 5.58 Å². The first-order chi connectivity index (χ1) is 12.9. The number of alkyl halides is 3. The molecule has 0 aliphatic heterocycles. The molecule has 2 aromatic carbocycles. The fourth-order valence-electron chi connectivity index (χ4n) is 2.70. The Labute approximate surface area is 151 Å². The smallest absolute Gasteiger partial charge is 0.416 e. The highest BCUT2D eigenvalue weighted by Gasteiger charge is 2.31. The molecule has 1 amide bonds. The molecule has 4 aromatic rings. The minimum absolute atomic E-state index is 0.0000250. The SMILES string of the molecule is O=C(Nc1cc(C(F)(F)F)ccc1-n1cccn1)c1cc2ccccc2o1. The molecule has 0 unspecified atom stereocenters. The molecule has 0 saturated heterocycles. The van der Waals surface area contributed by atoms with Crippen LogP contribution in [0.4, 0.5) is 18.9 Å². The monoisotopic (exact) mass is 371 g/mol. The van der Waals surface area contributed by atoms with Crippen LogP contribution in [-0.4, -0.2) is 15.7 Å². The van der Waals surface area contributed by atoms with Crippen LogP contribution in [0.3, 0.4) is 0 Å². The molecular weight excluding hydrogens is 359 g/mol. The van der Waals surface area contributed by atoms with Gasteiger partial charge in [-0.3, -0.25) is 4.79 Å². The first kappa shape index (κ1) is 16.9. The molecule has 5 nitrogen and oxygen atoms in total. The van der Waals surface area contributed by atoms with E-state index < -0.39 is 17.6 Å². The van der Waals surface area contributed by atoms with Crippen LogP contribution in [0.5, 0.6) is 0 Å². The summed E-state index contributed by atoms with van der Waals surface area (Å²) in [4.78, 5) is 12.6. The zero-order valence-corrected chi connectivity index (χ0v) is 13.7. The summed E-state index contributed by atoms with van der Waals surface area (Å²) in [6.07, 6.45) is -1.48. The molecule has 0 aliphatic rings. The van der Waals surface area contributed by atoms with Crippen molar-refractivity contribution in [1.82, 2.24) is 9.78 Å². The lowest BCUT2D eigenvalue weighted by atomic mass is 10.1. The molecule has 136 valence electrons. The highest BCUT2D eigenvalue weighted by molar-refractivity contribution is 6.05. The van der Waals surface area contributed by atoms with Crippen LogP contribution in [0.1, 0.15) is 16.1 Å². The number of benzene rings is 2. The van der Waals surface area contributed by atoms with E-state index in [1.54, 1.807) is 36.5 Å². The summed E-state index contributed by atoms with van der Waals surface area (Å²) in [6, 6.07) is 13.3. The summed E-state index contributed by atoms with van der Waals surface area (Å²) in [7, 11) is 0. The maximum Gasteiger partial charge on any atom is 0.416 e. The number of nitrogens with zero attached hydrogens (tertiary/aromatic N) is 2. The van der Waals surface area contributed by atoms with Gasteiger partial charge in [0, 0.05) is 17.8 Å². The van der Waals surface area contributed by atoms with E-state index >= 15 is 0 Å².